The van der Waals surface area contributed by atoms with Gasteiger partial charge in [-0.3, -0.25) is 19.2 Å². The quantitative estimate of drug-likeness (QED) is 0.183. The van der Waals surface area contributed by atoms with E-state index in [2.05, 4.69) is 5.32 Å². The highest BCUT2D eigenvalue weighted by Crippen LogP contribution is 2.17. The second-order valence-corrected chi connectivity index (χ2v) is 13.2. The number of halogens is 4. The Morgan fingerprint density at radius 2 is 1.04 bits per heavy atom. The molecule has 14 nitrogen and oxygen atoms in total. The first-order chi connectivity index (χ1) is 24.3. The van der Waals surface area contributed by atoms with E-state index in [9.17, 15) is 50.0 Å². The van der Waals surface area contributed by atoms with Gasteiger partial charge in [-0.25, -0.2) is 27.1 Å². The summed E-state index contributed by atoms with van der Waals surface area (Å²) >= 11 is 0. The second-order valence-electron chi connectivity index (χ2n) is 11.7. The highest BCUT2D eigenvalue weighted by Gasteiger charge is 2.32. The summed E-state index contributed by atoms with van der Waals surface area (Å²) in [5, 5.41) is 2.16. The van der Waals surface area contributed by atoms with Crippen molar-refractivity contribution in [1.82, 2.24) is 23.9 Å². The number of nitrogens with zero attached hydrogens (tertiary/aromatic N) is 4. The van der Waals surface area contributed by atoms with Gasteiger partial charge in [-0.05, 0) is 53.9 Å². The van der Waals surface area contributed by atoms with Crippen LogP contribution in [0.1, 0.15) is 11.1 Å². The van der Waals surface area contributed by atoms with Gasteiger partial charge in [-0.1, -0.05) is 0 Å². The van der Waals surface area contributed by atoms with E-state index in [1.54, 1.807) is 4.72 Å². The van der Waals surface area contributed by atoms with Crippen molar-refractivity contribution in [1.29, 1.82) is 0 Å². The van der Waals surface area contributed by atoms with Crippen LogP contribution in [0.25, 0.3) is 0 Å². The number of carbonyl (C=O) groups excluding carboxylic acids is 3. The van der Waals surface area contributed by atoms with Crippen LogP contribution < -0.4 is 35.7 Å². The summed E-state index contributed by atoms with van der Waals surface area (Å²) < 4.78 is 88.6. The van der Waals surface area contributed by atoms with Crippen molar-refractivity contribution in [2.24, 2.45) is 14.1 Å². The Hall–Kier alpha value is -5.12. The number of aromatic nitrogens is 2. The fraction of sp³-hybridized carbons (Fsp3) is 0.242. The summed E-state index contributed by atoms with van der Waals surface area (Å²) in [6.45, 7) is 0. The van der Waals surface area contributed by atoms with Crippen LogP contribution in [0.2, 0.25) is 0 Å². The molecule has 54 heavy (non-hydrogen) atoms. The van der Waals surface area contributed by atoms with Crippen molar-refractivity contribution in [2.45, 2.75) is 24.9 Å². The highest BCUT2D eigenvalue weighted by atomic mass is 32.2. The summed E-state index contributed by atoms with van der Waals surface area (Å²) in [5.41, 5.74) is -0.702. The number of amides is 4. The van der Waals surface area contributed by atoms with Crippen LogP contribution in [0.15, 0.2) is 82.6 Å². The fourth-order valence-corrected chi connectivity index (χ4v) is 6.03. The smallest absolute Gasteiger partial charge is 0.325 e. The van der Waals surface area contributed by atoms with Crippen LogP contribution in [-0.2, 0) is 46.7 Å². The van der Waals surface area contributed by atoms with E-state index in [4.69, 9.17) is 0 Å². The van der Waals surface area contributed by atoms with E-state index < -0.39 is 87.4 Å². The number of carbonyl (C=O) groups is 3. The molecular formula is C33H37F4N7O7S3. The van der Waals surface area contributed by atoms with Gasteiger partial charge in [-0.15, -0.1) is 0 Å². The summed E-state index contributed by atoms with van der Waals surface area (Å²) in [6.07, 6.45) is 1.46. The minimum absolute atomic E-state index is 0. The van der Waals surface area contributed by atoms with Gasteiger partial charge in [0.05, 0.1) is 11.4 Å². The first-order valence-corrected chi connectivity index (χ1v) is 16.7. The van der Waals surface area contributed by atoms with Gasteiger partial charge in [-0.2, -0.15) is 40.1 Å². The molecule has 2 aromatic heterocycles. The fourth-order valence-electron chi connectivity index (χ4n) is 5.11. The summed E-state index contributed by atoms with van der Waals surface area (Å²) in [4.78, 5) is 66.1. The maximum atomic E-state index is 14.0. The lowest BCUT2D eigenvalue weighted by Gasteiger charge is -2.26. The van der Waals surface area contributed by atoms with E-state index in [-0.39, 0.29) is 49.5 Å². The highest BCUT2D eigenvalue weighted by molar-refractivity contribution is 7.88. The van der Waals surface area contributed by atoms with Gasteiger partial charge in [0.2, 0.25) is 22.9 Å². The van der Waals surface area contributed by atoms with Crippen molar-refractivity contribution < 1.29 is 40.4 Å². The first kappa shape index (κ1) is 45.0. The van der Waals surface area contributed by atoms with Gasteiger partial charge >= 0.3 is 16.2 Å². The third kappa shape index (κ3) is 11.9. The number of hydrogen-bond donors (Lipinski definition) is 3. The van der Waals surface area contributed by atoms with Crippen LogP contribution in [0.5, 0.6) is 0 Å². The number of benzene rings is 2. The predicted molar refractivity (Wildman–Crippen MR) is 202 cm³/mol. The number of likely N-dealkylation sites (N-methyl/N-ethyl adjacent to an activating group) is 2. The van der Waals surface area contributed by atoms with Gasteiger partial charge in [0.15, 0.2) is 0 Å². The lowest BCUT2D eigenvalue weighted by molar-refractivity contribution is -0.120. The van der Waals surface area contributed by atoms with Crippen LogP contribution >= 0.6 is 27.0 Å². The molecule has 2 heterocycles. The van der Waals surface area contributed by atoms with Gasteiger partial charge in [0, 0.05) is 71.3 Å². The second kappa shape index (κ2) is 18.8. The van der Waals surface area contributed by atoms with E-state index in [0.29, 0.717) is 12.1 Å². The van der Waals surface area contributed by atoms with Crippen LogP contribution in [0.4, 0.5) is 33.7 Å². The molecule has 292 valence electrons. The molecule has 2 aromatic carbocycles. The SMILES string of the molecule is CN(C(=O)[C@H](Cc1cc(F)cc(F)c1)NC(=O)NS(=O)(=O)N[C@@H](Cc1cc(F)cc(F)c1)C(=O)N(C)c1ccc(=O)n(C)c1)c1ccc(=O)n(C)c1.S.S. The Kier molecular flexibility index (Phi) is 15.7. The lowest BCUT2D eigenvalue weighted by atomic mass is 10.0. The van der Waals surface area contributed by atoms with E-state index in [1.165, 1.54) is 63.4 Å². The maximum Gasteiger partial charge on any atom is 0.330 e. The number of aryl methyl sites for hydroxylation is 2. The van der Waals surface area contributed by atoms with Crippen molar-refractivity contribution in [3.8, 4) is 0 Å². The number of rotatable bonds is 12. The molecule has 4 rings (SSSR count). The number of anilines is 2. The third-order valence-electron chi connectivity index (χ3n) is 7.73. The Morgan fingerprint density at radius 3 is 1.43 bits per heavy atom. The minimum atomic E-state index is -5.02. The zero-order chi connectivity index (χ0) is 38.5. The van der Waals surface area contributed by atoms with Crippen LogP contribution in [-0.4, -0.2) is 61.6 Å². The number of pyridine rings is 2. The standard InChI is InChI=1S/C33H33F4N7O7S.2H2S/c1-41-17-25(5-7-29(41)45)43(3)31(47)27(13-19-9-21(34)15-22(35)10-19)38-33(49)40-52(50,51)39-28(14-20-11-23(36)16-24(37)12-20)32(48)44(4)26-6-8-30(46)42(2)18-26;;/h5-12,15-18,27-28,39H,13-14H2,1-4H3,(H2,38,40,49);2*1H2/t27-,28-;;/m0../s1. The molecule has 0 bridgehead atoms. The Bertz CT molecular complexity index is 2220. The number of nitrogens with one attached hydrogen (secondary N) is 3. The average Bonchev–Trinajstić information content (AvgIpc) is 3.04. The number of urea groups is 1. The van der Waals surface area contributed by atoms with Crippen LogP contribution in [0, 0.1) is 23.3 Å². The van der Waals surface area contributed by atoms with Crippen LogP contribution in [0.3, 0.4) is 0 Å². The van der Waals surface area contributed by atoms with Gasteiger partial charge in [0.25, 0.3) is 0 Å². The number of hydrogen-bond acceptors (Lipinski definition) is 7. The van der Waals surface area contributed by atoms with E-state index in [1.807, 2.05) is 4.72 Å². The predicted octanol–water partition coefficient (Wildman–Crippen LogP) is 1.85. The molecule has 3 N–H and O–H groups in total. The summed E-state index contributed by atoms with van der Waals surface area (Å²) in [6, 6.07) is 4.66. The third-order valence-corrected chi connectivity index (χ3v) is 8.78. The molecule has 0 unspecified atom stereocenters. The average molecular weight is 816 g/mol. The Labute approximate surface area is 320 Å². The maximum absolute atomic E-state index is 14.0. The molecule has 0 radical (unpaired) electrons. The molecule has 2 atom stereocenters. The van der Waals surface area contributed by atoms with Crippen molar-refractivity contribution in [2.75, 3.05) is 23.9 Å². The molecule has 0 aliphatic heterocycles. The molecular weight excluding hydrogens is 779 g/mol. The largest absolute Gasteiger partial charge is 0.330 e. The van der Waals surface area contributed by atoms with Gasteiger partial charge < -0.3 is 24.3 Å². The first-order valence-electron chi connectivity index (χ1n) is 15.2. The van der Waals surface area contributed by atoms with Crippen molar-refractivity contribution in [3.63, 3.8) is 0 Å². The molecule has 21 heteroatoms. The van der Waals surface area contributed by atoms with Gasteiger partial charge in [0.1, 0.15) is 35.4 Å². The summed E-state index contributed by atoms with van der Waals surface area (Å²) in [7, 11) is 0.342. The monoisotopic (exact) mass is 815 g/mol. The molecule has 0 saturated carbocycles. The molecule has 0 aliphatic carbocycles. The zero-order valence-electron chi connectivity index (χ0n) is 29.1. The molecule has 0 saturated heterocycles. The normalized spacial score (nSPS) is 12.0. The Morgan fingerprint density at radius 1 is 0.667 bits per heavy atom. The van der Waals surface area contributed by atoms with E-state index in [0.717, 1.165) is 44.7 Å². The van der Waals surface area contributed by atoms with Crippen molar-refractivity contribution in [3.05, 3.63) is 128 Å². The summed E-state index contributed by atoms with van der Waals surface area (Å²) in [5.74, 6) is -5.84. The zero-order valence-corrected chi connectivity index (χ0v) is 31.9. The topological polar surface area (TPSA) is 172 Å². The minimum Gasteiger partial charge on any atom is -0.325 e. The molecule has 0 aliphatic rings. The molecule has 0 fully saturated rings. The lowest BCUT2D eigenvalue weighted by Crippen LogP contribution is -2.57. The van der Waals surface area contributed by atoms with E-state index >= 15 is 0 Å². The molecule has 4 aromatic rings. The Balaban J connectivity index is 0.00000504. The van der Waals surface area contributed by atoms with Crippen molar-refractivity contribution >= 4 is 66.4 Å². The molecule has 4 amide bonds. The molecule has 0 spiro atoms.